The number of nitrogen functional groups attached to an aromatic ring is 1. The van der Waals surface area contributed by atoms with Gasteiger partial charge in [0.25, 0.3) is 0 Å². The van der Waals surface area contributed by atoms with E-state index in [0.29, 0.717) is 0 Å². The van der Waals surface area contributed by atoms with Crippen molar-refractivity contribution in [3.63, 3.8) is 0 Å². The third-order valence-corrected chi connectivity index (χ3v) is 3.01. The summed E-state index contributed by atoms with van der Waals surface area (Å²) < 4.78 is 0. The Morgan fingerprint density at radius 2 is 2.00 bits per heavy atom. The summed E-state index contributed by atoms with van der Waals surface area (Å²) in [6, 6.07) is 3.92. The molecule has 2 heterocycles. The molecule has 1 aliphatic heterocycles. The van der Waals surface area contributed by atoms with E-state index in [1.165, 1.54) is 13.0 Å². The van der Waals surface area contributed by atoms with Crippen LogP contribution in [0.1, 0.15) is 13.3 Å². The Balaban J connectivity index is 1.91. The quantitative estimate of drug-likeness (QED) is 0.831. The minimum Gasteiger partial charge on any atom is -0.397 e. The topological polar surface area (TPSA) is 45.4 Å². The molecule has 2 rings (SSSR count). The van der Waals surface area contributed by atoms with E-state index >= 15 is 0 Å². The van der Waals surface area contributed by atoms with Crippen molar-refractivity contribution in [2.45, 2.75) is 13.3 Å². The minimum absolute atomic E-state index is 0.730. The molecule has 88 valence electrons. The number of aromatic nitrogens is 1. The second-order valence-electron chi connectivity index (χ2n) is 4.28. The van der Waals surface area contributed by atoms with Crippen LogP contribution in [-0.2, 0) is 0 Å². The van der Waals surface area contributed by atoms with Gasteiger partial charge in [-0.3, -0.25) is 4.90 Å². The molecule has 1 saturated heterocycles. The number of hydrogen-bond donors (Lipinski definition) is 1. The molecule has 2 N–H and O–H groups in total. The Hall–Kier alpha value is -1.29. The number of hydrogen-bond acceptors (Lipinski definition) is 4. The van der Waals surface area contributed by atoms with Gasteiger partial charge in [0.15, 0.2) is 0 Å². The Morgan fingerprint density at radius 1 is 1.25 bits per heavy atom. The van der Waals surface area contributed by atoms with Gasteiger partial charge in [-0.25, -0.2) is 4.98 Å². The highest BCUT2D eigenvalue weighted by molar-refractivity contribution is 5.46. The van der Waals surface area contributed by atoms with Crippen LogP contribution in [0, 0.1) is 0 Å². The fraction of sp³-hybridized carbons (Fsp3) is 0.583. The lowest BCUT2D eigenvalue weighted by Crippen LogP contribution is -2.46. The Labute approximate surface area is 97.1 Å². The molecule has 0 atom stereocenters. The number of anilines is 2. The zero-order chi connectivity index (χ0) is 11.4. The number of nitrogens with two attached hydrogens (primary N) is 1. The van der Waals surface area contributed by atoms with Crippen LogP contribution in [0.2, 0.25) is 0 Å². The first-order valence-corrected chi connectivity index (χ1v) is 5.98. The summed E-state index contributed by atoms with van der Waals surface area (Å²) in [6.45, 7) is 7.85. The fourth-order valence-corrected chi connectivity index (χ4v) is 2.10. The monoisotopic (exact) mass is 220 g/mol. The van der Waals surface area contributed by atoms with Crippen molar-refractivity contribution in [1.29, 1.82) is 0 Å². The smallest absolute Gasteiger partial charge is 0.128 e. The average molecular weight is 220 g/mol. The molecule has 0 aromatic carbocycles. The molecule has 1 aromatic rings. The van der Waals surface area contributed by atoms with Gasteiger partial charge < -0.3 is 10.6 Å². The van der Waals surface area contributed by atoms with E-state index in [0.717, 1.165) is 37.7 Å². The molecule has 1 aromatic heterocycles. The Morgan fingerprint density at radius 3 is 2.56 bits per heavy atom. The van der Waals surface area contributed by atoms with Crippen LogP contribution in [0.3, 0.4) is 0 Å². The predicted octanol–water partition coefficient (Wildman–Crippen LogP) is 1.20. The van der Waals surface area contributed by atoms with Crippen LogP contribution in [0.4, 0.5) is 11.5 Å². The molecule has 4 nitrogen and oxygen atoms in total. The maximum Gasteiger partial charge on any atom is 0.128 e. The second kappa shape index (κ2) is 5.16. The average Bonchev–Trinajstić information content (AvgIpc) is 2.32. The van der Waals surface area contributed by atoms with Gasteiger partial charge in [-0.05, 0) is 25.1 Å². The molecule has 0 saturated carbocycles. The molecule has 16 heavy (non-hydrogen) atoms. The Bertz CT molecular complexity index is 314. The summed E-state index contributed by atoms with van der Waals surface area (Å²) in [4.78, 5) is 9.19. The van der Waals surface area contributed by atoms with Crippen LogP contribution in [0.5, 0.6) is 0 Å². The van der Waals surface area contributed by atoms with Crippen LogP contribution < -0.4 is 10.6 Å². The van der Waals surface area contributed by atoms with E-state index in [-0.39, 0.29) is 0 Å². The van der Waals surface area contributed by atoms with E-state index in [1.807, 2.05) is 12.1 Å². The third-order valence-electron chi connectivity index (χ3n) is 3.01. The normalized spacial score (nSPS) is 17.7. The zero-order valence-electron chi connectivity index (χ0n) is 9.89. The molecule has 0 aliphatic carbocycles. The van der Waals surface area contributed by atoms with E-state index in [2.05, 4.69) is 21.7 Å². The molecular formula is C12H20N4. The first-order chi connectivity index (χ1) is 7.79. The van der Waals surface area contributed by atoms with Crippen LogP contribution in [0.15, 0.2) is 18.3 Å². The van der Waals surface area contributed by atoms with Crippen molar-refractivity contribution in [2.24, 2.45) is 0 Å². The van der Waals surface area contributed by atoms with Crippen molar-refractivity contribution >= 4 is 11.5 Å². The lowest BCUT2D eigenvalue weighted by molar-refractivity contribution is 0.258. The van der Waals surface area contributed by atoms with Gasteiger partial charge in [0.2, 0.25) is 0 Å². The lowest BCUT2D eigenvalue weighted by Gasteiger charge is -2.35. The Kier molecular flexibility index (Phi) is 3.62. The highest BCUT2D eigenvalue weighted by Gasteiger charge is 2.16. The number of pyridine rings is 1. The van der Waals surface area contributed by atoms with Crippen molar-refractivity contribution in [1.82, 2.24) is 9.88 Å². The van der Waals surface area contributed by atoms with Crippen molar-refractivity contribution in [3.8, 4) is 0 Å². The zero-order valence-corrected chi connectivity index (χ0v) is 9.89. The maximum absolute atomic E-state index is 5.63. The molecular weight excluding hydrogens is 200 g/mol. The fourth-order valence-electron chi connectivity index (χ4n) is 2.10. The van der Waals surface area contributed by atoms with Crippen molar-refractivity contribution < 1.29 is 0 Å². The molecule has 0 radical (unpaired) electrons. The summed E-state index contributed by atoms with van der Waals surface area (Å²) in [5.74, 6) is 1.05. The molecule has 0 bridgehead atoms. The summed E-state index contributed by atoms with van der Waals surface area (Å²) in [7, 11) is 0. The number of piperazine rings is 1. The van der Waals surface area contributed by atoms with Crippen molar-refractivity contribution in [3.05, 3.63) is 18.3 Å². The third kappa shape index (κ3) is 2.64. The summed E-state index contributed by atoms with van der Waals surface area (Å²) >= 11 is 0. The summed E-state index contributed by atoms with van der Waals surface area (Å²) in [5, 5.41) is 0. The van der Waals surface area contributed by atoms with Gasteiger partial charge in [0, 0.05) is 26.2 Å². The second-order valence-corrected chi connectivity index (χ2v) is 4.28. The van der Waals surface area contributed by atoms with Crippen molar-refractivity contribution in [2.75, 3.05) is 43.4 Å². The minimum atomic E-state index is 0.730. The van der Waals surface area contributed by atoms with Crippen LogP contribution >= 0.6 is 0 Å². The van der Waals surface area contributed by atoms with Gasteiger partial charge in [0.05, 0.1) is 11.9 Å². The molecule has 0 spiro atoms. The first-order valence-electron chi connectivity index (χ1n) is 5.98. The van der Waals surface area contributed by atoms with E-state index in [9.17, 15) is 0 Å². The standard InChI is InChI=1S/C12H20N4/c1-2-5-15-6-8-16(9-7-15)12-4-3-11(13)10-14-12/h3-4,10H,2,5-9,13H2,1H3. The first kappa shape index (κ1) is 11.2. The van der Waals surface area contributed by atoms with E-state index in [4.69, 9.17) is 5.73 Å². The van der Waals surface area contributed by atoms with Crippen LogP contribution in [0.25, 0.3) is 0 Å². The molecule has 1 fully saturated rings. The summed E-state index contributed by atoms with van der Waals surface area (Å²) in [5.41, 5.74) is 6.36. The van der Waals surface area contributed by atoms with Gasteiger partial charge >= 0.3 is 0 Å². The van der Waals surface area contributed by atoms with Crippen LogP contribution in [-0.4, -0.2) is 42.6 Å². The highest BCUT2D eigenvalue weighted by atomic mass is 15.3. The number of rotatable bonds is 3. The van der Waals surface area contributed by atoms with Gasteiger partial charge in [-0.15, -0.1) is 0 Å². The SMILES string of the molecule is CCCN1CCN(c2ccc(N)cn2)CC1. The molecule has 4 heteroatoms. The lowest BCUT2D eigenvalue weighted by atomic mass is 10.3. The van der Waals surface area contributed by atoms with Gasteiger partial charge in [0.1, 0.15) is 5.82 Å². The maximum atomic E-state index is 5.63. The number of nitrogens with zero attached hydrogens (tertiary/aromatic N) is 3. The van der Waals surface area contributed by atoms with Gasteiger partial charge in [-0.2, -0.15) is 0 Å². The summed E-state index contributed by atoms with van der Waals surface area (Å²) in [6.07, 6.45) is 2.97. The largest absolute Gasteiger partial charge is 0.397 e. The highest BCUT2D eigenvalue weighted by Crippen LogP contribution is 2.14. The van der Waals surface area contributed by atoms with E-state index in [1.54, 1.807) is 6.20 Å². The van der Waals surface area contributed by atoms with E-state index < -0.39 is 0 Å². The van der Waals surface area contributed by atoms with Gasteiger partial charge in [-0.1, -0.05) is 6.92 Å². The molecule has 0 amide bonds. The molecule has 0 unspecified atom stereocenters. The molecule has 1 aliphatic rings. The predicted molar refractivity (Wildman–Crippen MR) is 67.6 cm³/mol.